The minimum atomic E-state index is -4.73. The van der Waals surface area contributed by atoms with Crippen molar-refractivity contribution in [1.29, 1.82) is 0 Å². The lowest BCUT2D eigenvalue weighted by Gasteiger charge is -2.34. The number of carbonyl (C=O) groups is 1. The maximum absolute atomic E-state index is 12.1. The highest BCUT2D eigenvalue weighted by molar-refractivity contribution is 5.67. The van der Waals surface area contributed by atoms with Crippen LogP contribution in [0.5, 0.6) is 5.75 Å². The molecule has 0 bridgehead atoms. The summed E-state index contributed by atoms with van der Waals surface area (Å²) >= 11 is 0. The molecule has 28 heavy (non-hydrogen) atoms. The topological polar surface area (TPSA) is 59.1 Å². The average Bonchev–Trinajstić information content (AvgIpc) is 2.66. The molecule has 0 saturated carbocycles. The molecule has 1 amide bonds. The summed E-state index contributed by atoms with van der Waals surface area (Å²) in [6, 6.07) is 5.22. The molecule has 1 aliphatic heterocycles. The molecule has 1 aromatic carbocycles. The summed E-state index contributed by atoms with van der Waals surface area (Å²) in [6.07, 6.45) is 0.0698. The van der Waals surface area contributed by atoms with Gasteiger partial charge in [-0.1, -0.05) is 18.6 Å². The van der Waals surface area contributed by atoms with Crippen LogP contribution in [-0.4, -0.2) is 61.3 Å². The molecular formula is C19H24F3N2O4. The lowest BCUT2D eigenvalue weighted by atomic mass is 10.2. The van der Waals surface area contributed by atoms with E-state index in [9.17, 15) is 22.8 Å². The maximum Gasteiger partial charge on any atom is 0.573 e. The van der Waals surface area contributed by atoms with E-state index in [-0.39, 0.29) is 12.4 Å². The predicted octanol–water partition coefficient (Wildman–Crippen LogP) is 3.51. The summed E-state index contributed by atoms with van der Waals surface area (Å²) in [4.78, 5) is 26.2. The molecule has 0 unspecified atom stereocenters. The van der Waals surface area contributed by atoms with Gasteiger partial charge in [-0.3, -0.25) is 9.69 Å². The van der Waals surface area contributed by atoms with Crippen molar-refractivity contribution < 1.29 is 32.2 Å². The van der Waals surface area contributed by atoms with E-state index in [1.165, 1.54) is 24.3 Å². The van der Waals surface area contributed by atoms with Crippen molar-refractivity contribution in [3.05, 3.63) is 29.8 Å². The van der Waals surface area contributed by atoms with Gasteiger partial charge in [-0.15, -0.1) is 13.2 Å². The second-order valence-electron chi connectivity index (χ2n) is 6.53. The van der Waals surface area contributed by atoms with Crippen LogP contribution in [0, 0.1) is 0 Å². The Morgan fingerprint density at radius 2 is 1.71 bits per heavy atom. The number of alkyl halides is 3. The number of carbonyl (C=O) groups excluding carboxylic acids is 2. The number of nitrogens with zero attached hydrogens (tertiary/aromatic N) is 2. The fourth-order valence-corrected chi connectivity index (χ4v) is 2.89. The van der Waals surface area contributed by atoms with Crippen molar-refractivity contribution >= 4 is 12.4 Å². The Bertz CT molecular complexity index is 615. The Balaban J connectivity index is 1.65. The van der Waals surface area contributed by atoms with Crippen LogP contribution in [0.4, 0.5) is 18.0 Å². The van der Waals surface area contributed by atoms with Gasteiger partial charge >= 0.3 is 12.5 Å². The molecule has 0 aromatic heterocycles. The fraction of sp³-hybridized carbons (Fsp3) is 0.579. The molecule has 1 aromatic rings. The molecule has 1 heterocycles. The van der Waals surface area contributed by atoms with Crippen molar-refractivity contribution in [3.63, 3.8) is 0 Å². The van der Waals surface area contributed by atoms with E-state index in [2.05, 4.69) is 9.64 Å². The zero-order chi connectivity index (χ0) is 20.4. The first kappa shape index (κ1) is 22.0. The Hall–Kier alpha value is -2.29. The van der Waals surface area contributed by atoms with Gasteiger partial charge in [-0.2, -0.15) is 0 Å². The van der Waals surface area contributed by atoms with Crippen LogP contribution in [0.25, 0.3) is 0 Å². The number of benzene rings is 1. The van der Waals surface area contributed by atoms with Crippen molar-refractivity contribution in [2.45, 2.75) is 38.7 Å². The second kappa shape index (κ2) is 10.9. The lowest BCUT2D eigenvalue weighted by Crippen LogP contribution is -2.48. The monoisotopic (exact) mass is 401 g/mol. The molecule has 1 saturated heterocycles. The van der Waals surface area contributed by atoms with Crippen LogP contribution in [0.15, 0.2) is 24.3 Å². The second-order valence-corrected chi connectivity index (χ2v) is 6.53. The molecule has 0 N–H and O–H groups in total. The molecule has 1 fully saturated rings. The van der Waals surface area contributed by atoms with E-state index in [0.717, 1.165) is 38.9 Å². The quantitative estimate of drug-likeness (QED) is 0.593. The molecule has 1 radical (unpaired) electrons. The van der Waals surface area contributed by atoms with E-state index in [0.29, 0.717) is 25.1 Å². The van der Waals surface area contributed by atoms with Crippen molar-refractivity contribution in [1.82, 2.24) is 9.80 Å². The minimum absolute atomic E-state index is 0.0148. The first-order valence-electron chi connectivity index (χ1n) is 9.21. The largest absolute Gasteiger partial charge is 0.573 e. The third-order valence-electron chi connectivity index (χ3n) is 4.40. The molecular weight excluding hydrogens is 377 g/mol. The van der Waals surface area contributed by atoms with Gasteiger partial charge in [0.25, 0.3) is 0 Å². The minimum Gasteiger partial charge on any atom is -0.445 e. The number of unbranched alkanes of at least 4 members (excludes halogenated alkanes) is 3. The van der Waals surface area contributed by atoms with E-state index < -0.39 is 12.5 Å². The van der Waals surface area contributed by atoms with Crippen LogP contribution >= 0.6 is 0 Å². The molecule has 0 atom stereocenters. The smallest absolute Gasteiger partial charge is 0.445 e. The van der Waals surface area contributed by atoms with Gasteiger partial charge in [0.2, 0.25) is 0 Å². The molecule has 155 valence electrons. The number of piperazine rings is 1. The average molecular weight is 401 g/mol. The molecule has 0 spiro atoms. The highest BCUT2D eigenvalue weighted by Crippen LogP contribution is 2.23. The van der Waals surface area contributed by atoms with Crippen molar-refractivity contribution in [2.75, 3.05) is 32.7 Å². The summed E-state index contributed by atoms with van der Waals surface area (Å²) < 4.78 is 45.4. The van der Waals surface area contributed by atoms with Crippen LogP contribution in [0.1, 0.15) is 31.2 Å². The van der Waals surface area contributed by atoms with Crippen LogP contribution in [0.2, 0.25) is 0 Å². The fourth-order valence-electron chi connectivity index (χ4n) is 2.89. The Morgan fingerprint density at radius 1 is 1.04 bits per heavy atom. The Labute approximate surface area is 162 Å². The van der Waals surface area contributed by atoms with Gasteiger partial charge in [0, 0.05) is 32.6 Å². The van der Waals surface area contributed by atoms with Gasteiger partial charge in [-0.05, 0) is 37.1 Å². The number of halogens is 3. The zero-order valence-electron chi connectivity index (χ0n) is 15.5. The third kappa shape index (κ3) is 8.16. The molecule has 2 rings (SSSR count). The number of hydrogen-bond acceptors (Lipinski definition) is 5. The van der Waals surface area contributed by atoms with Crippen LogP contribution in [0.3, 0.4) is 0 Å². The maximum atomic E-state index is 12.1. The van der Waals surface area contributed by atoms with Gasteiger partial charge < -0.3 is 14.4 Å². The van der Waals surface area contributed by atoms with Crippen molar-refractivity contribution in [2.24, 2.45) is 0 Å². The van der Waals surface area contributed by atoms with E-state index in [1.54, 1.807) is 4.90 Å². The summed E-state index contributed by atoms with van der Waals surface area (Å²) in [6.45, 7) is 3.59. The summed E-state index contributed by atoms with van der Waals surface area (Å²) in [7, 11) is 0. The van der Waals surface area contributed by atoms with Crippen LogP contribution < -0.4 is 4.74 Å². The molecule has 9 heteroatoms. The van der Waals surface area contributed by atoms with Crippen LogP contribution in [-0.2, 0) is 16.1 Å². The summed E-state index contributed by atoms with van der Waals surface area (Å²) in [5.74, 6) is -0.317. The van der Waals surface area contributed by atoms with E-state index >= 15 is 0 Å². The van der Waals surface area contributed by atoms with Gasteiger partial charge in [-0.25, -0.2) is 4.79 Å². The molecule has 6 nitrogen and oxygen atoms in total. The highest BCUT2D eigenvalue weighted by Gasteiger charge is 2.31. The van der Waals surface area contributed by atoms with E-state index in [4.69, 9.17) is 4.74 Å². The molecule has 1 aliphatic rings. The Kier molecular flexibility index (Phi) is 8.56. The number of amides is 1. The first-order chi connectivity index (χ1) is 13.4. The van der Waals surface area contributed by atoms with Gasteiger partial charge in [0.15, 0.2) is 6.29 Å². The summed E-state index contributed by atoms with van der Waals surface area (Å²) in [5.41, 5.74) is 0.578. The number of hydrogen-bond donors (Lipinski definition) is 0. The highest BCUT2D eigenvalue weighted by atomic mass is 19.4. The predicted molar refractivity (Wildman–Crippen MR) is 95.5 cm³/mol. The summed E-state index contributed by atoms with van der Waals surface area (Å²) in [5, 5.41) is 0. The normalized spacial score (nSPS) is 15.3. The standard InChI is InChI=1S/C19H24F3N2O4/c20-19(21,22)28-17-7-5-16(6-8-17)15-27-18(26)24-12-10-23(11-13-24)9-3-1-2-4-14-25/h5-8H,1-4,9-13,15H2. The third-order valence-corrected chi connectivity index (χ3v) is 4.40. The Morgan fingerprint density at radius 3 is 2.32 bits per heavy atom. The van der Waals surface area contributed by atoms with E-state index in [1.807, 2.05) is 6.29 Å². The first-order valence-corrected chi connectivity index (χ1v) is 9.21. The SMILES string of the molecule is O=[C]CCCCCN1CCN(C(=O)OCc2ccc(OC(F)(F)F)cc2)CC1. The van der Waals surface area contributed by atoms with Gasteiger partial charge in [0.05, 0.1) is 0 Å². The number of ether oxygens (including phenoxy) is 2. The lowest BCUT2D eigenvalue weighted by molar-refractivity contribution is -0.274. The van der Waals surface area contributed by atoms with Gasteiger partial charge in [0.1, 0.15) is 12.4 Å². The van der Waals surface area contributed by atoms with Crippen molar-refractivity contribution in [3.8, 4) is 5.75 Å². The molecule has 0 aliphatic carbocycles. The number of rotatable bonds is 9. The zero-order valence-corrected chi connectivity index (χ0v) is 15.5.